The molecule has 0 bridgehead atoms. The van der Waals surface area contributed by atoms with Gasteiger partial charge < -0.3 is 9.47 Å². The number of aromatic nitrogens is 3. The van der Waals surface area contributed by atoms with Crippen molar-refractivity contribution in [2.45, 2.75) is 39.2 Å². The molecule has 1 aromatic carbocycles. The summed E-state index contributed by atoms with van der Waals surface area (Å²) in [5.41, 5.74) is 2.72. The number of pyridine rings is 1. The number of hydrogen-bond acceptors (Lipinski definition) is 3. The quantitative estimate of drug-likeness (QED) is 0.730. The van der Waals surface area contributed by atoms with Crippen LogP contribution in [0.5, 0.6) is 0 Å². The van der Waals surface area contributed by atoms with E-state index in [0.717, 1.165) is 29.7 Å². The van der Waals surface area contributed by atoms with Crippen LogP contribution in [0.3, 0.4) is 0 Å². The van der Waals surface area contributed by atoms with Gasteiger partial charge in [0.15, 0.2) is 0 Å². The number of likely N-dealkylation sites (tertiary alicyclic amines) is 1. The van der Waals surface area contributed by atoms with Gasteiger partial charge in [-0.1, -0.05) is 11.6 Å². The summed E-state index contributed by atoms with van der Waals surface area (Å²) in [6.07, 6.45) is 3.56. The molecule has 3 heterocycles. The lowest BCUT2D eigenvalue weighted by molar-refractivity contribution is 0.0704. The molecule has 3 aromatic rings. The molecule has 0 radical (unpaired) electrons. The lowest BCUT2D eigenvalue weighted by atomic mass is 9.94. The lowest BCUT2D eigenvalue weighted by Gasteiger charge is -2.32. The van der Waals surface area contributed by atoms with E-state index in [-0.39, 0.29) is 22.8 Å². The molecule has 1 aliphatic heterocycles. The van der Waals surface area contributed by atoms with Crippen LogP contribution in [0.15, 0.2) is 35.3 Å². The molecule has 1 amide bonds. The highest BCUT2D eigenvalue weighted by Gasteiger charge is 2.28. The van der Waals surface area contributed by atoms with Crippen molar-refractivity contribution in [3.63, 3.8) is 0 Å². The van der Waals surface area contributed by atoms with Crippen LogP contribution >= 0.6 is 11.6 Å². The van der Waals surface area contributed by atoms with Gasteiger partial charge in [0.2, 0.25) is 5.43 Å². The minimum absolute atomic E-state index is 0.186. The number of nitrogens with zero attached hydrogens (tertiary/aromatic N) is 3. The Balaban J connectivity index is 1.70. The van der Waals surface area contributed by atoms with Crippen LogP contribution in [-0.4, -0.2) is 38.7 Å². The summed E-state index contributed by atoms with van der Waals surface area (Å²) in [4.78, 5) is 28.1. The molecule has 1 saturated heterocycles. The zero-order valence-electron chi connectivity index (χ0n) is 16.0. The largest absolute Gasteiger partial charge is 0.347 e. The number of H-pyrrole nitrogens is 1. The van der Waals surface area contributed by atoms with Gasteiger partial charge in [0.05, 0.1) is 11.2 Å². The van der Waals surface area contributed by atoms with E-state index >= 15 is 0 Å². The van der Waals surface area contributed by atoms with Crippen molar-refractivity contribution in [1.29, 1.82) is 0 Å². The lowest BCUT2D eigenvalue weighted by Crippen LogP contribution is -2.41. The Kier molecular flexibility index (Phi) is 4.98. The summed E-state index contributed by atoms with van der Waals surface area (Å²) in [6, 6.07) is 7.26. The number of piperidine rings is 1. The molecule has 0 aliphatic carbocycles. The molecule has 0 unspecified atom stereocenters. The van der Waals surface area contributed by atoms with Gasteiger partial charge in [-0.2, -0.15) is 5.10 Å². The smallest absolute Gasteiger partial charge is 0.259 e. The maximum Gasteiger partial charge on any atom is 0.259 e. The van der Waals surface area contributed by atoms with Gasteiger partial charge in [-0.15, -0.1) is 0 Å². The molecule has 0 spiro atoms. The third kappa shape index (κ3) is 3.33. The highest BCUT2D eigenvalue weighted by Crippen LogP contribution is 2.27. The van der Waals surface area contributed by atoms with Crippen molar-refractivity contribution in [2.24, 2.45) is 0 Å². The highest BCUT2D eigenvalue weighted by atomic mass is 35.5. The average molecular weight is 399 g/mol. The first-order valence-corrected chi connectivity index (χ1v) is 9.99. The van der Waals surface area contributed by atoms with E-state index in [4.69, 9.17) is 11.6 Å². The van der Waals surface area contributed by atoms with E-state index in [9.17, 15) is 9.59 Å². The maximum atomic E-state index is 13.3. The molecular formula is C21H23ClN4O2. The number of amides is 1. The maximum absolute atomic E-state index is 13.3. The predicted octanol–water partition coefficient (Wildman–Crippen LogP) is 3.73. The van der Waals surface area contributed by atoms with Crippen molar-refractivity contribution >= 4 is 28.4 Å². The van der Waals surface area contributed by atoms with Gasteiger partial charge in [0.25, 0.3) is 5.91 Å². The van der Waals surface area contributed by atoms with Gasteiger partial charge >= 0.3 is 0 Å². The topological polar surface area (TPSA) is 71.0 Å². The molecule has 1 N–H and O–H groups in total. The first-order valence-electron chi connectivity index (χ1n) is 9.61. The fourth-order valence-electron chi connectivity index (χ4n) is 4.01. The van der Waals surface area contributed by atoms with Crippen molar-refractivity contribution < 1.29 is 4.79 Å². The second kappa shape index (κ2) is 7.43. The SMILES string of the molecule is CCn1cc(C(=O)N2CCC[C@H](c3cc(C)[nH]n3)C2)c(=O)c2cc(Cl)ccc21. The number of carbonyl (C=O) groups is 1. The molecule has 6 nitrogen and oxygen atoms in total. The van der Waals surface area contributed by atoms with E-state index in [2.05, 4.69) is 10.2 Å². The van der Waals surface area contributed by atoms with Gasteiger partial charge in [-0.25, -0.2) is 0 Å². The molecule has 7 heteroatoms. The molecule has 1 fully saturated rings. The number of fused-ring (bicyclic) bond motifs is 1. The van der Waals surface area contributed by atoms with Crippen LogP contribution in [0.4, 0.5) is 0 Å². The number of carbonyl (C=O) groups excluding carboxylic acids is 1. The van der Waals surface area contributed by atoms with Crippen LogP contribution in [-0.2, 0) is 6.54 Å². The predicted molar refractivity (Wildman–Crippen MR) is 110 cm³/mol. The van der Waals surface area contributed by atoms with Gasteiger partial charge in [-0.3, -0.25) is 14.7 Å². The van der Waals surface area contributed by atoms with Crippen LogP contribution in [0.2, 0.25) is 5.02 Å². The number of hydrogen-bond donors (Lipinski definition) is 1. The second-order valence-electron chi connectivity index (χ2n) is 7.39. The van der Waals surface area contributed by atoms with Crippen molar-refractivity contribution in [2.75, 3.05) is 13.1 Å². The van der Waals surface area contributed by atoms with Crippen molar-refractivity contribution in [3.8, 4) is 0 Å². The second-order valence-corrected chi connectivity index (χ2v) is 7.82. The third-order valence-corrected chi connectivity index (χ3v) is 5.70. The first-order chi connectivity index (χ1) is 13.5. The van der Waals surface area contributed by atoms with Gasteiger partial charge in [0.1, 0.15) is 5.56 Å². The Labute approximate surface area is 168 Å². The summed E-state index contributed by atoms with van der Waals surface area (Å²) in [7, 11) is 0. The Morgan fingerprint density at radius 1 is 1.36 bits per heavy atom. The number of halogens is 1. The van der Waals surface area contributed by atoms with Crippen LogP contribution in [0.1, 0.15) is 47.4 Å². The number of rotatable bonds is 3. The minimum atomic E-state index is -0.259. The fourth-order valence-corrected chi connectivity index (χ4v) is 4.18. The summed E-state index contributed by atoms with van der Waals surface area (Å²) < 4.78 is 1.93. The molecule has 1 aliphatic rings. The fraction of sp³-hybridized carbons (Fsp3) is 0.381. The normalized spacial score (nSPS) is 17.2. The number of benzene rings is 1. The third-order valence-electron chi connectivity index (χ3n) is 5.47. The van der Waals surface area contributed by atoms with E-state index in [1.807, 2.05) is 30.5 Å². The van der Waals surface area contributed by atoms with Crippen LogP contribution in [0.25, 0.3) is 10.9 Å². The summed E-state index contributed by atoms with van der Waals surface area (Å²) in [5, 5.41) is 8.30. The Morgan fingerprint density at radius 2 is 2.18 bits per heavy atom. The Hall–Kier alpha value is -2.60. The Bertz CT molecular complexity index is 1100. The van der Waals surface area contributed by atoms with E-state index < -0.39 is 0 Å². The van der Waals surface area contributed by atoms with E-state index in [0.29, 0.717) is 30.0 Å². The van der Waals surface area contributed by atoms with Crippen molar-refractivity contribution in [1.82, 2.24) is 19.7 Å². The van der Waals surface area contributed by atoms with Crippen LogP contribution < -0.4 is 5.43 Å². The molecule has 0 saturated carbocycles. The standard InChI is InChI=1S/C21H23ClN4O2/c1-3-25-12-17(20(27)16-10-15(22)6-7-19(16)25)21(28)26-8-4-5-14(11-26)18-9-13(2)23-24-18/h6-7,9-10,12,14H,3-5,8,11H2,1-2H3,(H,23,24)/t14-/m0/s1. The molecular weight excluding hydrogens is 376 g/mol. The first kappa shape index (κ1) is 18.7. The number of aromatic amines is 1. The van der Waals surface area contributed by atoms with E-state index in [1.165, 1.54) is 0 Å². The summed E-state index contributed by atoms with van der Waals surface area (Å²) >= 11 is 6.10. The molecule has 28 heavy (non-hydrogen) atoms. The zero-order valence-corrected chi connectivity index (χ0v) is 16.8. The number of nitrogens with one attached hydrogen (secondary N) is 1. The Morgan fingerprint density at radius 3 is 2.89 bits per heavy atom. The van der Waals surface area contributed by atoms with E-state index in [1.54, 1.807) is 23.2 Å². The highest BCUT2D eigenvalue weighted by molar-refractivity contribution is 6.31. The molecule has 1 atom stereocenters. The number of aryl methyl sites for hydroxylation is 2. The van der Waals surface area contributed by atoms with Crippen molar-refractivity contribution in [3.05, 3.63) is 62.7 Å². The zero-order chi connectivity index (χ0) is 19.8. The monoisotopic (exact) mass is 398 g/mol. The van der Waals surface area contributed by atoms with Gasteiger partial charge in [-0.05, 0) is 51.0 Å². The molecule has 146 valence electrons. The summed E-state index contributed by atoms with van der Waals surface area (Å²) in [6.45, 7) is 5.84. The average Bonchev–Trinajstić information content (AvgIpc) is 3.14. The molecule has 4 rings (SSSR count). The summed E-state index contributed by atoms with van der Waals surface area (Å²) in [5.74, 6) is -0.0306. The van der Waals surface area contributed by atoms with Crippen LogP contribution in [0, 0.1) is 6.92 Å². The minimum Gasteiger partial charge on any atom is -0.347 e. The van der Waals surface area contributed by atoms with Gasteiger partial charge in [0, 0.05) is 47.9 Å². The molecule has 2 aromatic heterocycles.